The number of aromatic nitrogens is 2. The molecule has 1 saturated heterocycles. The molecule has 1 aliphatic rings. The summed E-state index contributed by atoms with van der Waals surface area (Å²) in [4.78, 5) is 14.0. The Kier molecular flexibility index (Phi) is 3.24. The maximum absolute atomic E-state index is 12.1. The summed E-state index contributed by atoms with van der Waals surface area (Å²) in [6.07, 6.45) is 2.75. The number of hydrogen-bond donors (Lipinski definition) is 1. The van der Waals surface area contributed by atoms with Gasteiger partial charge in [-0.2, -0.15) is 5.10 Å². The zero-order valence-corrected chi connectivity index (χ0v) is 9.81. The SMILES string of the molecule is CNCC1CCN(C(=O)c2ccnn2C)C1. The van der Waals surface area contributed by atoms with Crippen LogP contribution in [0.2, 0.25) is 0 Å². The van der Waals surface area contributed by atoms with Gasteiger partial charge in [0.25, 0.3) is 5.91 Å². The van der Waals surface area contributed by atoms with Gasteiger partial charge in [-0.25, -0.2) is 0 Å². The monoisotopic (exact) mass is 222 g/mol. The average molecular weight is 222 g/mol. The Morgan fingerprint density at radius 1 is 1.69 bits per heavy atom. The highest BCUT2D eigenvalue weighted by Crippen LogP contribution is 2.17. The van der Waals surface area contributed by atoms with E-state index in [-0.39, 0.29) is 5.91 Å². The maximum atomic E-state index is 12.1. The first-order valence-corrected chi connectivity index (χ1v) is 5.64. The third-order valence-electron chi connectivity index (χ3n) is 3.11. The summed E-state index contributed by atoms with van der Waals surface area (Å²) >= 11 is 0. The molecule has 0 radical (unpaired) electrons. The molecule has 1 unspecified atom stereocenters. The molecule has 5 nitrogen and oxygen atoms in total. The largest absolute Gasteiger partial charge is 0.337 e. The molecule has 5 heteroatoms. The van der Waals surface area contributed by atoms with Gasteiger partial charge >= 0.3 is 0 Å². The zero-order chi connectivity index (χ0) is 11.5. The third-order valence-corrected chi connectivity index (χ3v) is 3.11. The van der Waals surface area contributed by atoms with E-state index in [0.717, 1.165) is 26.1 Å². The lowest BCUT2D eigenvalue weighted by Gasteiger charge is -2.16. The maximum Gasteiger partial charge on any atom is 0.272 e. The molecule has 2 rings (SSSR count). The fraction of sp³-hybridized carbons (Fsp3) is 0.636. The van der Waals surface area contributed by atoms with Gasteiger partial charge in [-0.1, -0.05) is 0 Å². The van der Waals surface area contributed by atoms with Crippen molar-refractivity contribution in [2.45, 2.75) is 6.42 Å². The topological polar surface area (TPSA) is 50.2 Å². The number of rotatable bonds is 3. The van der Waals surface area contributed by atoms with Crippen LogP contribution in [0.5, 0.6) is 0 Å². The van der Waals surface area contributed by atoms with Crippen molar-refractivity contribution in [3.8, 4) is 0 Å². The van der Waals surface area contributed by atoms with Crippen molar-refractivity contribution in [1.82, 2.24) is 20.0 Å². The first kappa shape index (κ1) is 11.1. The lowest BCUT2D eigenvalue weighted by molar-refractivity contribution is 0.0776. The van der Waals surface area contributed by atoms with E-state index in [1.807, 2.05) is 11.9 Å². The van der Waals surface area contributed by atoms with Crippen molar-refractivity contribution in [2.75, 3.05) is 26.7 Å². The lowest BCUT2D eigenvalue weighted by Crippen LogP contribution is -2.31. The Morgan fingerprint density at radius 2 is 2.50 bits per heavy atom. The Balaban J connectivity index is 2.00. The van der Waals surface area contributed by atoms with Crippen molar-refractivity contribution in [3.05, 3.63) is 18.0 Å². The summed E-state index contributed by atoms with van der Waals surface area (Å²) in [5, 5.41) is 7.18. The second-order valence-corrected chi connectivity index (χ2v) is 4.30. The van der Waals surface area contributed by atoms with Crippen molar-refractivity contribution >= 4 is 5.91 Å². The number of likely N-dealkylation sites (tertiary alicyclic amines) is 1. The second kappa shape index (κ2) is 4.65. The molecule has 0 spiro atoms. The minimum Gasteiger partial charge on any atom is -0.337 e. The van der Waals surface area contributed by atoms with Crippen LogP contribution in [0.4, 0.5) is 0 Å². The van der Waals surface area contributed by atoms with Crippen LogP contribution in [-0.2, 0) is 7.05 Å². The Bertz CT molecular complexity index is 374. The van der Waals surface area contributed by atoms with Gasteiger partial charge in [0, 0.05) is 26.3 Å². The van der Waals surface area contributed by atoms with Gasteiger partial charge in [-0.05, 0) is 32.0 Å². The highest BCUT2D eigenvalue weighted by Gasteiger charge is 2.27. The molecule has 1 aromatic heterocycles. The predicted molar refractivity (Wildman–Crippen MR) is 61.1 cm³/mol. The van der Waals surface area contributed by atoms with E-state index in [0.29, 0.717) is 11.6 Å². The molecule has 1 aliphatic heterocycles. The average Bonchev–Trinajstić information content (AvgIpc) is 2.87. The Morgan fingerprint density at radius 3 is 3.12 bits per heavy atom. The van der Waals surface area contributed by atoms with Gasteiger partial charge in [-0.3, -0.25) is 9.48 Å². The lowest BCUT2D eigenvalue weighted by atomic mass is 10.1. The van der Waals surface area contributed by atoms with Crippen molar-refractivity contribution in [2.24, 2.45) is 13.0 Å². The fourth-order valence-corrected chi connectivity index (χ4v) is 2.22. The quantitative estimate of drug-likeness (QED) is 0.789. The highest BCUT2D eigenvalue weighted by molar-refractivity contribution is 5.92. The van der Waals surface area contributed by atoms with Crippen molar-refractivity contribution < 1.29 is 4.79 Å². The molecule has 0 bridgehead atoms. The van der Waals surface area contributed by atoms with Crippen molar-refractivity contribution in [1.29, 1.82) is 0 Å². The molecule has 88 valence electrons. The molecule has 1 fully saturated rings. The molecule has 1 aromatic rings. The summed E-state index contributed by atoms with van der Waals surface area (Å²) in [7, 11) is 3.75. The second-order valence-electron chi connectivity index (χ2n) is 4.30. The van der Waals surface area contributed by atoms with E-state index in [9.17, 15) is 4.79 Å². The van der Waals surface area contributed by atoms with E-state index in [4.69, 9.17) is 0 Å². The van der Waals surface area contributed by atoms with E-state index < -0.39 is 0 Å². The molecule has 0 saturated carbocycles. The summed E-state index contributed by atoms with van der Waals surface area (Å²) in [6, 6.07) is 1.77. The van der Waals surface area contributed by atoms with Gasteiger partial charge in [0.05, 0.1) is 0 Å². The van der Waals surface area contributed by atoms with Gasteiger partial charge in [-0.15, -0.1) is 0 Å². The molecular formula is C11H18N4O. The summed E-state index contributed by atoms with van der Waals surface area (Å²) in [6.45, 7) is 2.69. The van der Waals surface area contributed by atoms with E-state index in [2.05, 4.69) is 10.4 Å². The summed E-state index contributed by atoms with van der Waals surface area (Å²) < 4.78 is 1.63. The molecule has 2 heterocycles. The third kappa shape index (κ3) is 2.09. The normalized spacial score (nSPS) is 20.4. The first-order chi connectivity index (χ1) is 7.72. The van der Waals surface area contributed by atoms with Crippen LogP contribution in [0, 0.1) is 5.92 Å². The van der Waals surface area contributed by atoms with Crippen LogP contribution in [0.25, 0.3) is 0 Å². The van der Waals surface area contributed by atoms with Gasteiger partial charge < -0.3 is 10.2 Å². The van der Waals surface area contributed by atoms with Crippen LogP contribution in [0.1, 0.15) is 16.9 Å². The minimum absolute atomic E-state index is 0.0959. The number of nitrogens with one attached hydrogen (secondary N) is 1. The van der Waals surface area contributed by atoms with Gasteiger partial charge in [0.1, 0.15) is 5.69 Å². The van der Waals surface area contributed by atoms with Crippen LogP contribution in [0.3, 0.4) is 0 Å². The highest BCUT2D eigenvalue weighted by atomic mass is 16.2. The molecule has 1 N–H and O–H groups in total. The minimum atomic E-state index is 0.0959. The number of aryl methyl sites for hydroxylation is 1. The predicted octanol–water partition coefficient (Wildman–Crippen LogP) is 0.102. The van der Waals surface area contributed by atoms with Crippen LogP contribution in [-0.4, -0.2) is 47.3 Å². The standard InChI is InChI=1S/C11H18N4O/c1-12-7-9-4-6-15(8-9)11(16)10-3-5-13-14(10)2/h3,5,9,12H,4,6-8H2,1-2H3. The smallest absolute Gasteiger partial charge is 0.272 e. The first-order valence-electron chi connectivity index (χ1n) is 5.64. The van der Waals surface area contributed by atoms with E-state index in [1.54, 1.807) is 24.0 Å². The molecular weight excluding hydrogens is 204 g/mol. The van der Waals surface area contributed by atoms with E-state index in [1.165, 1.54) is 0 Å². The van der Waals surface area contributed by atoms with E-state index >= 15 is 0 Å². The van der Waals surface area contributed by atoms with Crippen LogP contribution >= 0.6 is 0 Å². The van der Waals surface area contributed by atoms with Crippen molar-refractivity contribution in [3.63, 3.8) is 0 Å². The van der Waals surface area contributed by atoms with Gasteiger partial charge in [0.2, 0.25) is 0 Å². The van der Waals surface area contributed by atoms with Gasteiger partial charge in [0.15, 0.2) is 0 Å². The molecule has 16 heavy (non-hydrogen) atoms. The molecule has 1 amide bonds. The molecule has 1 atom stereocenters. The fourth-order valence-electron chi connectivity index (χ4n) is 2.22. The van der Waals surface area contributed by atoms with Crippen LogP contribution < -0.4 is 5.32 Å². The molecule has 0 aliphatic carbocycles. The Labute approximate surface area is 95.4 Å². The number of amides is 1. The number of carbonyl (C=O) groups is 1. The summed E-state index contributed by atoms with van der Waals surface area (Å²) in [5.74, 6) is 0.681. The zero-order valence-electron chi connectivity index (χ0n) is 9.81. The number of hydrogen-bond acceptors (Lipinski definition) is 3. The Hall–Kier alpha value is -1.36. The number of carbonyl (C=O) groups excluding carboxylic acids is 1. The summed E-state index contributed by atoms with van der Waals surface area (Å²) in [5.41, 5.74) is 0.671. The number of nitrogens with zero attached hydrogens (tertiary/aromatic N) is 3. The van der Waals surface area contributed by atoms with Crippen LogP contribution in [0.15, 0.2) is 12.3 Å². The molecule has 0 aromatic carbocycles.